The van der Waals surface area contributed by atoms with Crippen LogP contribution in [0, 0.1) is 0 Å². The lowest BCUT2D eigenvalue weighted by Gasteiger charge is -2.19. The minimum atomic E-state index is -0.346. The Morgan fingerprint density at radius 1 is 1.26 bits per heavy atom. The molecule has 0 aromatic heterocycles. The molecular weight excluding hydrogens is 242 g/mol. The average molecular weight is 263 g/mol. The molecule has 1 aromatic carbocycles. The van der Waals surface area contributed by atoms with Gasteiger partial charge in [-0.25, -0.2) is 4.79 Å². The molecule has 0 aliphatic carbocycles. The second kappa shape index (κ2) is 6.57. The first-order valence-electron chi connectivity index (χ1n) is 6.73. The van der Waals surface area contributed by atoms with Crippen LogP contribution in [-0.4, -0.2) is 44.2 Å². The Kier molecular flexibility index (Phi) is 4.80. The highest BCUT2D eigenvalue weighted by atomic mass is 16.5. The Hall–Kier alpha value is -1.55. The molecule has 1 fully saturated rings. The number of rotatable bonds is 3. The SMILES string of the molecule is COC(=O)c1ccccc1OC1CCCN(C)CC1. The van der Waals surface area contributed by atoms with E-state index in [2.05, 4.69) is 11.9 Å². The van der Waals surface area contributed by atoms with Gasteiger partial charge in [-0.05, 0) is 45.0 Å². The number of carbonyl (C=O) groups is 1. The van der Waals surface area contributed by atoms with Gasteiger partial charge in [-0.2, -0.15) is 0 Å². The molecule has 104 valence electrons. The van der Waals surface area contributed by atoms with Crippen molar-refractivity contribution in [1.82, 2.24) is 4.90 Å². The minimum absolute atomic E-state index is 0.177. The lowest BCUT2D eigenvalue weighted by atomic mass is 10.1. The third-order valence-electron chi connectivity index (χ3n) is 3.48. The summed E-state index contributed by atoms with van der Waals surface area (Å²) in [6.07, 6.45) is 3.32. The van der Waals surface area contributed by atoms with Gasteiger partial charge in [0.2, 0.25) is 0 Å². The second-order valence-electron chi connectivity index (χ2n) is 4.96. The molecule has 1 atom stereocenters. The number of ether oxygens (including phenoxy) is 2. The van der Waals surface area contributed by atoms with E-state index < -0.39 is 0 Å². The van der Waals surface area contributed by atoms with Crippen LogP contribution in [0.5, 0.6) is 5.75 Å². The van der Waals surface area contributed by atoms with Crippen molar-refractivity contribution in [3.8, 4) is 5.75 Å². The molecule has 0 spiro atoms. The van der Waals surface area contributed by atoms with Gasteiger partial charge in [0.1, 0.15) is 17.4 Å². The average Bonchev–Trinajstić information content (AvgIpc) is 2.63. The minimum Gasteiger partial charge on any atom is -0.489 e. The molecule has 1 aromatic rings. The maximum atomic E-state index is 11.7. The van der Waals surface area contributed by atoms with Crippen LogP contribution < -0.4 is 4.74 Å². The molecule has 4 nitrogen and oxygen atoms in total. The molecule has 1 aliphatic rings. The molecule has 1 unspecified atom stereocenters. The van der Waals surface area contributed by atoms with E-state index in [1.165, 1.54) is 7.11 Å². The van der Waals surface area contributed by atoms with Crippen molar-refractivity contribution < 1.29 is 14.3 Å². The van der Waals surface area contributed by atoms with Crippen molar-refractivity contribution in [2.75, 3.05) is 27.2 Å². The number of nitrogens with zero attached hydrogens (tertiary/aromatic N) is 1. The van der Waals surface area contributed by atoms with Crippen LogP contribution in [0.4, 0.5) is 0 Å². The molecule has 0 saturated carbocycles. The number of hydrogen-bond acceptors (Lipinski definition) is 4. The summed E-state index contributed by atoms with van der Waals surface area (Å²) in [6.45, 7) is 2.14. The number of para-hydroxylation sites is 1. The molecule has 0 radical (unpaired) electrons. The molecule has 2 rings (SSSR count). The molecular formula is C15H21NO3. The number of carbonyl (C=O) groups excluding carboxylic acids is 1. The van der Waals surface area contributed by atoms with Crippen LogP contribution in [-0.2, 0) is 4.74 Å². The van der Waals surface area contributed by atoms with Crippen LogP contribution in [0.1, 0.15) is 29.6 Å². The van der Waals surface area contributed by atoms with E-state index in [4.69, 9.17) is 9.47 Å². The van der Waals surface area contributed by atoms with Gasteiger partial charge in [-0.1, -0.05) is 12.1 Å². The van der Waals surface area contributed by atoms with Gasteiger partial charge in [-0.15, -0.1) is 0 Å². The Morgan fingerprint density at radius 3 is 2.84 bits per heavy atom. The van der Waals surface area contributed by atoms with Crippen molar-refractivity contribution in [1.29, 1.82) is 0 Å². The van der Waals surface area contributed by atoms with Crippen molar-refractivity contribution in [3.05, 3.63) is 29.8 Å². The van der Waals surface area contributed by atoms with Crippen LogP contribution in [0.25, 0.3) is 0 Å². The molecule has 0 bridgehead atoms. The smallest absolute Gasteiger partial charge is 0.341 e. The standard InChI is InChI=1S/C15H21NO3/c1-16-10-5-6-12(9-11-16)19-14-8-4-3-7-13(14)15(17)18-2/h3-4,7-8,12H,5-6,9-11H2,1-2H3. The monoisotopic (exact) mass is 263 g/mol. The highest BCUT2D eigenvalue weighted by Gasteiger charge is 2.19. The van der Waals surface area contributed by atoms with E-state index in [1.807, 2.05) is 18.2 Å². The normalized spacial score (nSPS) is 20.6. The summed E-state index contributed by atoms with van der Waals surface area (Å²) in [5.41, 5.74) is 0.502. The fourth-order valence-corrected chi connectivity index (χ4v) is 2.35. The Bertz CT molecular complexity index is 433. The lowest BCUT2D eigenvalue weighted by molar-refractivity contribution is 0.0592. The summed E-state index contributed by atoms with van der Waals surface area (Å²) in [5.74, 6) is 0.283. The lowest BCUT2D eigenvalue weighted by Crippen LogP contribution is -2.22. The van der Waals surface area contributed by atoms with E-state index in [1.54, 1.807) is 6.07 Å². The van der Waals surface area contributed by atoms with Crippen LogP contribution in [0.3, 0.4) is 0 Å². The van der Waals surface area contributed by atoms with Gasteiger partial charge >= 0.3 is 5.97 Å². The van der Waals surface area contributed by atoms with Crippen LogP contribution in [0.2, 0.25) is 0 Å². The summed E-state index contributed by atoms with van der Waals surface area (Å²) < 4.78 is 10.8. The fourth-order valence-electron chi connectivity index (χ4n) is 2.35. The first-order valence-corrected chi connectivity index (χ1v) is 6.73. The molecule has 19 heavy (non-hydrogen) atoms. The Morgan fingerprint density at radius 2 is 2.05 bits per heavy atom. The van der Waals surface area contributed by atoms with Crippen molar-refractivity contribution in [2.45, 2.75) is 25.4 Å². The number of hydrogen-bond donors (Lipinski definition) is 0. The van der Waals surface area contributed by atoms with Gasteiger partial charge in [-0.3, -0.25) is 0 Å². The van der Waals surface area contributed by atoms with Crippen molar-refractivity contribution in [2.24, 2.45) is 0 Å². The largest absolute Gasteiger partial charge is 0.489 e. The zero-order chi connectivity index (χ0) is 13.7. The first kappa shape index (κ1) is 13.9. The van der Waals surface area contributed by atoms with E-state index >= 15 is 0 Å². The Labute approximate surface area is 114 Å². The maximum Gasteiger partial charge on any atom is 0.341 e. The molecule has 4 heteroatoms. The molecule has 0 amide bonds. The summed E-state index contributed by atoms with van der Waals surface area (Å²) in [5, 5.41) is 0. The number of esters is 1. The van der Waals surface area contributed by atoms with Gasteiger partial charge in [0, 0.05) is 6.54 Å². The highest BCUT2D eigenvalue weighted by Crippen LogP contribution is 2.23. The molecule has 1 heterocycles. The zero-order valence-electron chi connectivity index (χ0n) is 11.6. The van der Waals surface area contributed by atoms with Crippen LogP contribution >= 0.6 is 0 Å². The number of benzene rings is 1. The predicted octanol–water partition coefficient (Wildman–Crippen LogP) is 2.34. The summed E-state index contributed by atoms with van der Waals surface area (Å²) in [6, 6.07) is 7.27. The molecule has 1 saturated heterocycles. The van der Waals surface area contributed by atoms with Crippen molar-refractivity contribution in [3.63, 3.8) is 0 Å². The first-order chi connectivity index (χ1) is 9.20. The van der Waals surface area contributed by atoms with Gasteiger partial charge in [0.15, 0.2) is 0 Å². The third kappa shape index (κ3) is 3.70. The molecule has 0 N–H and O–H groups in total. The third-order valence-corrected chi connectivity index (χ3v) is 3.48. The molecule has 1 aliphatic heterocycles. The van der Waals surface area contributed by atoms with E-state index in [9.17, 15) is 4.79 Å². The fraction of sp³-hybridized carbons (Fsp3) is 0.533. The highest BCUT2D eigenvalue weighted by molar-refractivity contribution is 5.92. The van der Waals surface area contributed by atoms with E-state index in [0.29, 0.717) is 11.3 Å². The van der Waals surface area contributed by atoms with Gasteiger partial charge < -0.3 is 14.4 Å². The van der Waals surface area contributed by atoms with E-state index in [0.717, 1.165) is 32.4 Å². The predicted molar refractivity (Wildman–Crippen MR) is 73.5 cm³/mol. The Balaban J connectivity index is 2.08. The quantitative estimate of drug-likeness (QED) is 0.785. The van der Waals surface area contributed by atoms with Gasteiger partial charge in [0.05, 0.1) is 7.11 Å². The topological polar surface area (TPSA) is 38.8 Å². The summed E-state index contributed by atoms with van der Waals surface area (Å²) in [4.78, 5) is 14.0. The second-order valence-corrected chi connectivity index (χ2v) is 4.96. The van der Waals surface area contributed by atoms with Gasteiger partial charge in [0.25, 0.3) is 0 Å². The zero-order valence-corrected chi connectivity index (χ0v) is 11.6. The summed E-state index contributed by atoms with van der Waals surface area (Å²) >= 11 is 0. The van der Waals surface area contributed by atoms with Crippen molar-refractivity contribution >= 4 is 5.97 Å². The van der Waals surface area contributed by atoms with Crippen LogP contribution in [0.15, 0.2) is 24.3 Å². The summed E-state index contributed by atoms with van der Waals surface area (Å²) in [7, 11) is 3.52. The number of methoxy groups -OCH3 is 1. The maximum absolute atomic E-state index is 11.7. The van der Waals surface area contributed by atoms with E-state index in [-0.39, 0.29) is 12.1 Å². The number of likely N-dealkylation sites (tertiary alicyclic amines) is 1.